The maximum absolute atomic E-state index is 8.60. The second-order valence-corrected chi connectivity index (χ2v) is 3.96. The van der Waals surface area contributed by atoms with Gasteiger partial charge in [-0.3, -0.25) is 0 Å². The summed E-state index contributed by atoms with van der Waals surface area (Å²) < 4.78 is 0. The molecule has 0 unspecified atom stereocenters. The summed E-state index contributed by atoms with van der Waals surface area (Å²) in [7, 11) is 0. The molecule has 0 N–H and O–H groups in total. The maximum atomic E-state index is 8.60. The molecule has 0 atom stereocenters. The Kier molecular flexibility index (Phi) is 4.57. The third-order valence-corrected chi connectivity index (χ3v) is 3.11. The Hall–Kier alpha value is -0.920. The van der Waals surface area contributed by atoms with Gasteiger partial charge in [0.2, 0.25) is 0 Å². The number of hydrogen-bond donors (Lipinski definition) is 0. The van der Waals surface area contributed by atoms with Gasteiger partial charge >= 0.3 is 0 Å². The summed E-state index contributed by atoms with van der Waals surface area (Å²) in [5, 5.41) is 11.5. The van der Waals surface area contributed by atoms with Crippen molar-refractivity contribution in [1.82, 2.24) is 9.88 Å². The topological polar surface area (TPSA) is 39.9 Å². The van der Waals surface area contributed by atoms with Crippen LogP contribution in [0.5, 0.6) is 0 Å². The second-order valence-electron chi connectivity index (χ2n) is 3.02. The molecule has 0 saturated heterocycles. The lowest BCUT2D eigenvalue weighted by Crippen LogP contribution is -2.25. The van der Waals surface area contributed by atoms with Gasteiger partial charge in [0, 0.05) is 18.3 Å². The van der Waals surface area contributed by atoms with Crippen molar-refractivity contribution in [2.24, 2.45) is 0 Å². The summed E-state index contributed by atoms with van der Waals surface area (Å²) in [6, 6.07) is 2.05. The molecule has 1 rings (SSSR count). The molecule has 0 aliphatic carbocycles. The van der Waals surface area contributed by atoms with Gasteiger partial charge in [0.25, 0.3) is 0 Å². The van der Waals surface area contributed by atoms with Gasteiger partial charge in [-0.2, -0.15) is 5.26 Å². The summed E-state index contributed by atoms with van der Waals surface area (Å²) >= 11 is 1.58. The molecule has 1 aromatic heterocycles. The number of thiazole rings is 1. The lowest BCUT2D eigenvalue weighted by atomic mass is 10.4. The number of rotatable bonds is 5. The molecule has 0 aromatic carbocycles. The molecule has 0 aliphatic rings. The number of nitrogens with zero attached hydrogens (tertiary/aromatic N) is 3. The van der Waals surface area contributed by atoms with Crippen molar-refractivity contribution in [2.75, 3.05) is 19.6 Å². The Morgan fingerprint density at radius 3 is 2.71 bits per heavy atom. The van der Waals surface area contributed by atoms with E-state index in [4.69, 9.17) is 5.26 Å². The highest BCUT2D eigenvalue weighted by atomic mass is 32.1. The second kappa shape index (κ2) is 5.74. The summed E-state index contributed by atoms with van der Waals surface area (Å²) in [5.41, 5.74) is 0.546. The average molecular weight is 209 g/mol. The Bertz CT molecular complexity index is 309. The van der Waals surface area contributed by atoms with Crippen LogP contribution in [0.25, 0.3) is 0 Å². The van der Waals surface area contributed by atoms with Crippen LogP contribution < -0.4 is 0 Å². The zero-order chi connectivity index (χ0) is 10.4. The van der Waals surface area contributed by atoms with E-state index in [1.165, 1.54) is 0 Å². The number of hydrogen-bond acceptors (Lipinski definition) is 4. The normalized spacial score (nSPS) is 10.4. The predicted molar refractivity (Wildman–Crippen MR) is 58.3 cm³/mol. The van der Waals surface area contributed by atoms with Gasteiger partial charge in [0.15, 0.2) is 5.69 Å². The molecule has 0 fully saturated rings. The Morgan fingerprint density at radius 2 is 2.21 bits per heavy atom. The summed E-state index contributed by atoms with van der Waals surface area (Å²) in [6.07, 6.45) is 0.952. The molecule has 0 saturated carbocycles. The zero-order valence-corrected chi connectivity index (χ0v) is 9.47. The number of likely N-dealkylation sites (N-methyl/N-ethyl adjacent to an activating group) is 1. The molecule has 14 heavy (non-hydrogen) atoms. The van der Waals surface area contributed by atoms with Gasteiger partial charge in [0.1, 0.15) is 6.07 Å². The van der Waals surface area contributed by atoms with E-state index in [0.29, 0.717) is 5.69 Å². The lowest BCUT2D eigenvalue weighted by Gasteiger charge is -2.16. The Balaban J connectivity index is 2.41. The Labute approximate surface area is 89.0 Å². The number of aromatic nitrogens is 1. The first kappa shape index (κ1) is 11.2. The van der Waals surface area contributed by atoms with Gasteiger partial charge in [-0.05, 0) is 13.1 Å². The van der Waals surface area contributed by atoms with Crippen LogP contribution in [0.15, 0.2) is 5.38 Å². The van der Waals surface area contributed by atoms with Crippen LogP contribution in [0.1, 0.15) is 24.5 Å². The summed E-state index contributed by atoms with van der Waals surface area (Å²) in [6.45, 7) is 7.50. The smallest absolute Gasteiger partial charge is 0.151 e. The van der Waals surface area contributed by atoms with Gasteiger partial charge < -0.3 is 4.90 Å². The fourth-order valence-electron chi connectivity index (χ4n) is 1.27. The van der Waals surface area contributed by atoms with E-state index in [-0.39, 0.29) is 0 Å². The maximum Gasteiger partial charge on any atom is 0.151 e. The van der Waals surface area contributed by atoms with Crippen molar-refractivity contribution >= 4 is 11.3 Å². The van der Waals surface area contributed by atoms with E-state index in [0.717, 1.165) is 31.1 Å². The lowest BCUT2D eigenvalue weighted by molar-refractivity contribution is 0.308. The van der Waals surface area contributed by atoms with Crippen molar-refractivity contribution in [3.63, 3.8) is 0 Å². The van der Waals surface area contributed by atoms with Crippen LogP contribution >= 0.6 is 11.3 Å². The molecule has 0 spiro atoms. The van der Waals surface area contributed by atoms with Gasteiger partial charge in [0.05, 0.1) is 5.01 Å². The minimum Gasteiger partial charge on any atom is -0.303 e. The molecule has 0 radical (unpaired) electrons. The van der Waals surface area contributed by atoms with Crippen molar-refractivity contribution < 1.29 is 0 Å². The minimum absolute atomic E-state index is 0.546. The largest absolute Gasteiger partial charge is 0.303 e. The first-order valence-corrected chi connectivity index (χ1v) is 5.75. The van der Waals surface area contributed by atoms with Crippen LogP contribution in [0.4, 0.5) is 0 Å². The first-order chi connectivity index (χ1) is 6.80. The van der Waals surface area contributed by atoms with E-state index in [2.05, 4.69) is 23.7 Å². The highest BCUT2D eigenvalue weighted by molar-refractivity contribution is 7.09. The molecule has 1 heterocycles. The number of nitriles is 1. The van der Waals surface area contributed by atoms with E-state index in [1.54, 1.807) is 11.3 Å². The van der Waals surface area contributed by atoms with Crippen LogP contribution in [-0.4, -0.2) is 29.5 Å². The van der Waals surface area contributed by atoms with E-state index in [1.807, 2.05) is 11.4 Å². The van der Waals surface area contributed by atoms with E-state index in [9.17, 15) is 0 Å². The van der Waals surface area contributed by atoms with Crippen LogP contribution in [0, 0.1) is 11.3 Å². The fourth-order valence-corrected chi connectivity index (χ4v) is 1.98. The van der Waals surface area contributed by atoms with Crippen LogP contribution in [-0.2, 0) is 6.42 Å². The molecule has 1 aromatic rings. The van der Waals surface area contributed by atoms with Crippen molar-refractivity contribution in [2.45, 2.75) is 20.3 Å². The van der Waals surface area contributed by atoms with Crippen molar-refractivity contribution in [3.05, 3.63) is 16.1 Å². The minimum atomic E-state index is 0.546. The molecular formula is C10H15N3S. The Morgan fingerprint density at radius 1 is 1.50 bits per heavy atom. The van der Waals surface area contributed by atoms with Crippen molar-refractivity contribution in [3.8, 4) is 6.07 Å². The highest BCUT2D eigenvalue weighted by Crippen LogP contribution is 2.09. The molecule has 0 amide bonds. The molecule has 4 heteroatoms. The third-order valence-electron chi connectivity index (χ3n) is 2.20. The quantitative estimate of drug-likeness (QED) is 0.743. The summed E-state index contributed by atoms with van der Waals surface area (Å²) in [5.74, 6) is 0. The van der Waals surface area contributed by atoms with Gasteiger partial charge in [-0.15, -0.1) is 11.3 Å². The molecule has 76 valence electrons. The van der Waals surface area contributed by atoms with Crippen LogP contribution in [0.2, 0.25) is 0 Å². The molecule has 3 nitrogen and oxygen atoms in total. The molecule has 0 bridgehead atoms. The molecule has 0 aliphatic heterocycles. The first-order valence-electron chi connectivity index (χ1n) is 4.87. The van der Waals surface area contributed by atoms with Gasteiger partial charge in [-0.1, -0.05) is 13.8 Å². The van der Waals surface area contributed by atoms with E-state index >= 15 is 0 Å². The molecular weight excluding hydrogens is 194 g/mol. The fraction of sp³-hybridized carbons (Fsp3) is 0.600. The monoisotopic (exact) mass is 209 g/mol. The predicted octanol–water partition coefficient (Wildman–Crippen LogP) is 1.90. The standard InChI is InChI=1S/C10H15N3S/c1-3-13(4-2)6-5-10-12-9(7-11)8-14-10/h8H,3-6H2,1-2H3. The van der Waals surface area contributed by atoms with E-state index < -0.39 is 0 Å². The van der Waals surface area contributed by atoms with Gasteiger partial charge in [-0.25, -0.2) is 4.98 Å². The highest BCUT2D eigenvalue weighted by Gasteiger charge is 2.03. The van der Waals surface area contributed by atoms with Crippen molar-refractivity contribution in [1.29, 1.82) is 5.26 Å². The average Bonchev–Trinajstić information content (AvgIpc) is 2.67. The summed E-state index contributed by atoms with van der Waals surface area (Å²) in [4.78, 5) is 6.55. The SMILES string of the molecule is CCN(CC)CCc1nc(C#N)cs1. The van der Waals surface area contributed by atoms with Crippen LogP contribution in [0.3, 0.4) is 0 Å². The third kappa shape index (κ3) is 3.09. The zero-order valence-electron chi connectivity index (χ0n) is 8.66.